The Kier molecular flexibility index (Phi) is 6.13. The van der Waals surface area contributed by atoms with Gasteiger partial charge in [-0.1, -0.05) is 19.3 Å². The molecule has 154 valence electrons. The second-order valence-corrected chi connectivity index (χ2v) is 8.66. The predicted octanol–water partition coefficient (Wildman–Crippen LogP) is 3.99. The van der Waals surface area contributed by atoms with Gasteiger partial charge in [0.15, 0.2) is 0 Å². The number of thioether (sulfide) groups is 1. The third-order valence-electron chi connectivity index (χ3n) is 5.65. The zero-order chi connectivity index (χ0) is 20.2. The van der Waals surface area contributed by atoms with Crippen molar-refractivity contribution in [1.82, 2.24) is 10.2 Å². The molecule has 2 atom stereocenters. The summed E-state index contributed by atoms with van der Waals surface area (Å²) in [7, 11) is 1.59. The molecule has 0 bridgehead atoms. The first-order valence-corrected chi connectivity index (χ1v) is 11.1. The van der Waals surface area contributed by atoms with E-state index in [9.17, 15) is 9.59 Å². The number of nitrogens with one attached hydrogen (secondary N) is 1. The highest BCUT2D eigenvalue weighted by Crippen LogP contribution is 2.42. The third kappa shape index (κ3) is 4.29. The summed E-state index contributed by atoms with van der Waals surface area (Å²) in [5.74, 6) is 1.04. The van der Waals surface area contributed by atoms with E-state index >= 15 is 0 Å². The van der Waals surface area contributed by atoms with Crippen molar-refractivity contribution in [2.45, 2.75) is 49.6 Å². The van der Waals surface area contributed by atoms with Gasteiger partial charge < -0.3 is 19.4 Å². The van der Waals surface area contributed by atoms with Crippen LogP contribution in [0.2, 0.25) is 0 Å². The van der Waals surface area contributed by atoms with Gasteiger partial charge in [0.05, 0.1) is 19.6 Å². The first kappa shape index (κ1) is 19.9. The first-order chi connectivity index (χ1) is 14.2. The number of hydrogen-bond donors (Lipinski definition) is 1. The van der Waals surface area contributed by atoms with Gasteiger partial charge in [0, 0.05) is 22.9 Å². The van der Waals surface area contributed by atoms with Crippen molar-refractivity contribution in [2.75, 3.05) is 12.9 Å². The molecule has 1 aromatic heterocycles. The van der Waals surface area contributed by atoms with Crippen LogP contribution < -0.4 is 10.1 Å². The quantitative estimate of drug-likeness (QED) is 0.801. The van der Waals surface area contributed by atoms with Crippen molar-refractivity contribution in [3.63, 3.8) is 0 Å². The number of nitrogens with zero attached hydrogens (tertiary/aromatic N) is 1. The summed E-state index contributed by atoms with van der Waals surface area (Å²) in [6.45, 7) is 0. The minimum absolute atomic E-state index is 0.0581. The standard InChI is InChI=1S/C22H26N2O4S/c1-27-18-9-7-15(8-10-18)21(26)24-19(14-29-22(24)16-11-12-28-13-16)20(25)23-17-5-3-2-4-6-17/h7-13,17,19,22H,2-6,14H2,1H3,(H,23,25). The summed E-state index contributed by atoms with van der Waals surface area (Å²) in [4.78, 5) is 28.2. The Bertz CT molecular complexity index is 831. The highest BCUT2D eigenvalue weighted by atomic mass is 32.2. The Balaban J connectivity index is 1.57. The van der Waals surface area contributed by atoms with E-state index in [0.717, 1.165) is 31.2 Å². The largest absolute Gasteiger partial charge is 0.497 e. The Morgan fingerprint density at radius 1 is 1.14 bits per heavy atom. The fourth-order valence-electron chi connectivity index (χ4n) is 4.06. The summed E-state index contributed by atoms with van der Waals surface area (Å²) < 4.78 is 10.4. The topological polar surface area (TPSA) is 71.8 Å². The Morgan fingerprint density at radius 3 is 2.55 bits per heavy atom. The van der Waals surface area contributed by atoms with Crippen molar-refractivity contribution in [3.05, 3.63) is 54.0 Å². The summed E-state index contributed by atoms with van der Waals surface area (Å²) in [6, 6.07) is 8.58. The molecule has 2 heterocycles. The second kappa shape index (κ2) is 8.95. The summed E-state index contributed by atoms with van der Waals surface area (Å²) in [5, 5.41) is 2.95. The molecule has 1 saturated carbocycles. The van der Waals surface area contributed by atoms with Gasteiger partial charge in [-0.05, 0) is 43.2 Å². The van der Waals surface area contributed by atoms with Crippen LogP contribution in [0, 0.1) is 0 Å². The lowest BCUT2D eigenvalue weighted by molar-refractivity contribution is -0.125. The molecule has 7 heteroatoms. The van der Waals surface area contributed by atoms with Crippen molar-refractivity contribution in [1.29, 1.82) is 0 Å². The zero-order valence-electron chi connectivity index (χ0n) is 16.5. The van der Waals surface area contributed by atoms with Crippen molar-refractivity contribution in [2.24, 2.45) is 0 Å². The molecule has 29 heavy (non-hydrogen) atoms. The number of carbonyl (C=O) groups is 2. The van der Waals surface area contributed by atoms with E-state index in [1.54, 1.807) is 60.6 Å². The molecule has 1 aliphatic carbocycles. The maximum Gasteiger partial charge on any atom is 0.255 e. The maximum absolute atomic E-state index is 13.4. The van der Waals surface area contributed by atoms with Gasteiger partial charge in [-0.15, -0.1) is 11.8 Å². The van der Waals surface area contributed by atoms with Gasteiger partial charge in [0.2, 0.25) is 5.91 Å². The molecule has 2 fully saturated rings. The lowest BCUT2D eigenvalue weighted by Gasteiger charge is -2.30. The van der Waals surface area contributed by atoms with Crippen LogP contribution in [0.1, 0.15) is 53.4 Å². The second-order valence-electron chi connectivity index (χ2n) is 7.54. The van der Waals surface area contributed by atoms with Crippen LogP contribution >= 0.6 is 11.8 Å². The molecule has 1 aromatic carbocycles. The average Bonchev–Trinajstić information content (AvgIpc) is 3.43. The number of furan rings is 1. The van der Waals surface area contributed by atoms with E-state index in [-0.39, 0.29) is 23.2 Å². The van der Waals surface area contributed by atoms with E-state index in [1.165, 1.54) is 6.42 Å². The summed E-state index contributed by atoms with van der Waals surface area (Å²) in [5.41, 5.74) is 1.43. The molecule has 2 unspecified atom stereocenters. The highest BCUT2D eigenvalue weighted by molar-refractivity contribution is 7.99. The van der Waals surface area contributed by atoms with E-state index < -0.39 is 6.04 Å². The smallest absolute Gasteiger partial charge is 0.255 e. The van der Waals surface area contributed by atoms with Crippen LogP contribution in [-0.2, 0) is 4.79 Å². The molecule has 4 rings (SSSR count). The van der Waals surface area contributed by atoms with Crippen molar-refractivity contribution >= 4 is 23.6 Å². The predicted molar refractivity (Wildman–Crippen MR) is 112 cm³/mol. The van der Waals surface area contributed by atoms with Crippen LogP contribution in [0.3, 0.4) is 0 Å². The number of hydrogen-bond acceptors (Lipinski definition) is 5. The average molecular weight is 415 g/mol. The fourth-order valence-corrected chi connectivity index (χ4v) is 5.46. The Labute approximate surface area is 175 Å². The Hall–Kier alpha value is -2.41. The van der Waals surface area contributed by atoms with Gasteiger partial charge in [0.25, 0.3) is 5.91 Å². The van der Waals surface area contributed by atoms with Crippen molar-refractivity contribution < 1.29 is 18.7 Å². The van der Waals surface area contributed by atoms with Gasteiger partial charge in [-0.3, -0.25) is 9.59 Å². The molecular weight excluding hydrogens is 388 g/mol. The van der Waals surface area contributed by atoms with Gasteiger partial charge >= 0.3 is 0 Å². The SMILES string of the molecule is COc1ccc(C(=O)N2C(C(=O)NC3CCCCC3)CSC2c2ccoc2)cc1. The molecule has 0 radical (unpaired) electrons. The van der Waals surface area contributed by atoms with E-state index in [4.69, 9.17) is 9.15 Å². The normalized spacial score (nSPS) is 22.4. The number of methoxy groups -OCH3 is 1. The number of amides is 2. The molecule has 0 spiro atoms. The van der Waals surface area contributed by atoms with Crippen molar-refractivity contribution in [3.8, 4) is 5.75 Å². The monoisotopic (exact) mass is 414 g/mol. The highest BCUT2D eigenvalue weighted by Gasteiger charge is 2.43. The van der Waals surface area contributed by atoms with Gasteiger partial charge in [0.1, 0.15) is 17.2 Å². The maximum atomic E-state index is 13.4. The molecule has 1 saturated heterocycles. The third-order valence-corrected chi connectivity index (χ3v) is 6.98. The van der Waals surface area contributed by atoms with E-state index in [1.807, 2.05) is 6.07 Å². The minimum Gasteiger partial charge on any atom is -0.497 e. The summed E-state index contributed by atoms with van der Waals surface area (Å²) in [6.07, 6.45) is 8.81. The van der Waals surface area contributed by atoms with Crippen LogP contribution in [0.25, 0.3) is 0 Å². The van der Waals surface area contributed by atoms with E-state index in [0.29, 0.717) is 17.1 Å². The Morgan fingerprint density at radius 2 is 1.90 bits per heavy atom. The van der Waals surface area contributed by atoms with Crippen LogP contribution in [0.5, 0.6) is 5.75 Å². The first-order valence-electron chi connectivity index (χ1n) is 10.1. The molecular formula is C22H26N2O4S. The van der Waals surface area contributed by atoms with Crippen LogP contribution in [0.15, 0.2) is 47.3 Å². The lowest BCUT2D eigenvalue weighted by atomic mass is 9.95. The van der Waals surface area contributed by atoms with Gasteiger partial charge in [-0.25, -0.2) is 0 Å². The molecule has 1 aliphatic heterocycles. The van der Waals surface area contributed by atoms with Crippen LogP contribution in [0.4, 0.5) is 0 Å². The van der Waals surface area contributed by atoms with Gasteiger partial charge in [-0.2, -0.15) is 0 Å². The molecule has 2 amide bonds. The number of rotatable bonds is 5. The minimum atomic E-state index is -0.503. The molecule has 2 aliphatic rings. The molecule has 2 aromatic rings. The summed E-state index contributed by atoms with van der Waals surface area (Å²) >= 11 is 1.60. The lowest BCUT2D eigenvalue weighted by Crippen LogP contribution is -2.50. The molecule has 6 nitrogen and oxygen atoms in total. The fraction of sp³-hybridized carbons (Fsp3) is 0.455. The molecule has 1 N–H and O–H groups in total. The van der Waals surface area contributed by atoms with E-state index in [2.05, 4.69) is 5.32 Å². The number of benzene rings is 1. The zero-order valence-corrected chi connectivity index (χ0v) is 17.3. The van der Waals surface area contributed by atoms with Crippen LogP contribution in [-0.4, -0.2) is 41.7 Å². The number of carbonyl (C=O) groups excluding carboxylic acids is 2. The number of ether oxygens (including phenoxy) is 1.